The summed E-state index contributed by atoms with van der Waals surface area (Å²) in [5.41, 5.74) is 2.19. The molecule has 0 bridgehead atoms. The van der Waals surface area contributed by atoms with E-state index in [4.69, 9.17) is 16.3 Å². The summed E-state index contributed by atoms with van der Waals surface area (Å²) in [6.07, 6.45) is 2.40. The van der Waals surface area contributed by atoms with Crippen molar-refractivity contribution in [1.29, 1.82) is 5.26 Å². The van der Waals surface area contributed by atoms with Gasteiger partial charge < -0.3 is 20.5 Å². The predicted octanol–water partition coefficient (Wildman–Crippen LogP) is 3.78. The maximum atomic E-state index is 9.45. The Kier molecular flexibility index (Phi) is 6.50. The number of aromatic nitrogens is 2. The van der Waals surface area contributed by atoms with Crippen molar-refractivity contribution < 1.29 is 9.84 Å². The molecule has 0 spiro atoms. The molecule has 0 saturated carbocycles. The Labute approximate surface area is 170 Å². The zero-order valence-electron chi connectivity index (χ0n) is 14.7. The van der Waals surface area contributed by atoms with Crippen molar-refractivity contribution >= 4 is 45.0 Å². The second-order valence-corrected chi connectivity index (χ2v) is 7.49. The zero-order chi connectivity index (χ0) is 19.4. The van der Waals surface area contributed by atoms with Crippen molar-refractivity contribution in [2.45, 2.75) is 26.0 Å². The molecule has 9 heteroatoms. The molecule has 1 aliphatic heterocycles. The van der Waals surface area contributed by atoms with Crippen LogP contribution in [0.15, 0.2) is 22.8 Å². The van der Waals surface area contributed by atoms with Gasteiger partial charge in [0.05, 0.1) is 36.3 Å². The third-order valence-corrected chi connectivity index (χ3v) is 5.81. The van der Waals surface area contributed by atoms with Crippen molar-refractivity contribution in [3.63, 3.8) is 0 Å². The predicted molar refractivity (Wildman–Crippen MR) is 107 cm³/mol. The molecule has 0 aliphatic carbocycles. The maximum absolute atomic E-state index is 9.45. The number of aryl methyl sites for hydroxylation is 1. The average molecular weight is 453 g/mol. The molecule has 1 saturated heterocycles. The number of nitrogens with zero attached hydrogens (tertiary/aromatic N) is 3. The molecule has 0 amide bonds. The minimum atomic E-state index is -0.144. The van der Waals surface area contributed by atoms with E-state index < -0.39 is 0 Å². The van der Waals surface area contributed by atoms with Gasteiger partial charge in [-0.1, -0.05) is 11.6 Å². The Hall–Kier alpha value is -1.92. The average Bonchev–Trinajstić information content (AvgIpc) is 2.67. The Balaban J connectivity index is 1.81. The summed E-state index contributed by atoms with van der Waals surface area (Å²) in [7, 11) is 0. The largest absolute Gasteiger partial charge is 0.392 e. The van der Waals surface area contributed by atoms with E-state index in [-0.39, 0.29) is 18.6 Å². The number of anilines is 3. The second-order valence-electron chi connectivity index (χ2n) is 6.29. The highest BCUT2D eigenvalue weighted by molar-refractivity contribution is 9.10. The number of benzene rings is 1. The van der Waals surface area contributed by atoms with Gasteiger partial charge in [-0.15, -0.1) is 0 Å². The smallest absolute Gasteiger partial charge is 0.229 e. The molecule has 0 unspecified atom stereocenters. The summed E-state index contributed by atoms with van der Waals surface area (Å²) in [4.78, 5) is 8.82. The van der Waals surface area contributed by atoms with E-state index in [0.29, 0.717) is 52.1 Å². The lowest BCUT2D eigenvalue weighted by Gasteiger charge is -2.28. The van der Waals surface area contributed by atoms with Crippen LogP contribution in [0.4, 0.5) is 17.5 Å². The van der Waals surface area contributed by atoms with E-state index in [2.05, 4.69) is 42.6 Å². The number of halogens is 2. The number of nitrogens with one attached hydrogen (secondary N) is 2. The first kappa shape index (κ1) is 19.8. The molecule has 2 aromatic rings. The highest BCUT2D eigenvalue weighted by atomic mass is 79.9. The summed E-state index contributed by atoms with van der Waals surface area (Å²) >= 11 is 9.54. The van der Waals surface area contributed by atoms with Crippen LogP contribution in [0.25, 0.3) is 0 Å². The molecule has 0 radical (unpaired) electrons. The second kappa shape index (κ2) is 8.85. The highest BCUT2D eigenvalue weighted by Gasteiger charge is 2.26. The highest BCUT2D eigenvalue weighted by Crippen LogP contribution is 2.31. The maximum Gasteiger partial charge on any atom is 0.229 e. The third kappa shape index (κ3) is 4.68. The fourth-order valence-electron chi connectivity index (χ4n) is 2.82. The van der Waals surface area contributed by atoms with Gasteiger partial charge in [0.1, 0.15) is 5.82 Å². The quantitative estimate of drug-likeness (QED) is 0.634. The number of ether oxygens (including phenoxy) is 1. The molecule has 1 aliphatic rings. The van der Waals surface area contributed by atoms with Gasteiger partial charge in [0, 0.05) is 28.5 Å². The zero-order valence-corrected chi connectivity index (χ0v) is 17.0. The number of nitriles is 1. The molecular formula is C18H19BrClN5O2. The van der Waals surface area contributed by atoms with Crippen molar-refractivity contribution in [2.75, 3.05) is 23.8 Å². The van der Waals surface area contributed by atoms with Gasteiger partial charge in [-0.2, -0.15) is 10.2 Å². The van der Waals surface area contributed by atoms with E-state index in [1.807, 2.05) is 6.92 Å². The summed E-state index contributed by atoms with van der Waals surface area (Å²) in [6.45, 7) is 2.82. The fraction of sp³-hybridized carbons (Fsp3) is 0.389. The first-order valence-electron chi connectivity index (χ1n) is 8.45. The molecule has 27 heavy (non-hydrogen) atoms. The Bertz CT molecular complexity index is 874. The number of hydrogen-bond donors (Lipinski definition) is 3. The number of aliphatic hydroxyl groups is 1. The van der Waals surface area contributed by atoms with Gasteiger partial charge in [-0.3, -0.25) is 0 Å². The van der Waals surface area contributed by atoms with Crippen LogP contribution < -0.4 is 10.6 Å². The molecule has 2 heterocycles. The molecule has 3 rings (SSSR count). The third-order valence-electron chi connectivity index (χ3n) is 4.35. The Morgan fingerprint density at radius 2 is 2.30 bits per heavy atom. The molecule has 1 fully saturated rings. The minimum Gasteiger partial charge on any atom is -0.392 e. The summed E-state index contributed by atoms with van der Waals surface area (Å²) < 4.78 is 6.14. The van der Waals surface area contributed by atoms with Gasteiger partial charge in [0.2, 0.25) is 5.95 Å². The van der Waals surface area contributed by atoms with E-state index >= 15 is 0 Å². The normalized spacial score (nSPS) is 19.4. The van der Waals surface area contributed by atoms with E-state index in [9.17, 15) is 10.4 Å². The van der Waals surface area contributed by atoms with Crippen LogP contribution in [0.1, 0.15) is 17.5 Å². The van der Waals surface area contributed by atoms with Gasteiger partial charge in [-0.05, 0) is 47.0 Å². The standard InChI is InChI=1S/C18H19BrClN5O2/c1-10-7-22-18(23-13-4-12(8-26)16(19)14(20)5-13)25-17(10)24-15-9-27-3-2-11(15)6-21/h4-5,7,11,15,26H,2-3,8-9H2,1H3,(H2,22,23,24,25)/t11-,15+/m0/s1. The topological polar surface area (TPSA) is 103 Å². The summed E-state index contributed by atoms with van der Waals surface area (Å²) in [5, 5.41) is 25.7. The van der Waals surface area contributed by atoms with Gasteiger partial charge in [0.25, 0.3) is 0 Å². The lowest BCUT2D eigenvalue weighted by atomic mass is 9.96. The Morgan fingerprint density at radius 1 is 1.48 bits per heavy atom. The lowest BCUT2D eigenvalue weighted by molar-refractivity contribution is 0.0698. The molecule has 142 valence electrons. The van der Waals surface area contributed by atoms with Crippen LogP contribution in [-0.4, -0.2) is 34.3 Å². The molecule has 2 atom stereocenters. The van der Waals surface area contributed by atoms with E-state index in [1.54, 1.807) is 18.3 Å². The van der Waals surface area contributed by atoms with Crippen LogP contribution in [-0.2, 0) is 11.3 Å². The molecule has 1 aromatic carbocycles. The fourth-order valence-corrected chi connectivity index (χ4v) is 3.41. The van der Waals surface area contributed by atoms with Crippen LogP contribution in [0.2, 0.25) is 5.02 Å². The molecule has 7 nitrogen and oxygen atoms in total. The number of hydrogen-bond acceptors (Lipinski definition) is 7. The minimum absolute atomic E-state index is 0.117. The van der Waals surface area contributed by atoms with E-state index in [0.717, 1.165) is 5.56 Å². The van der Waals surface area contributed by atoms with Crippen LogP contribution >= 0.6 is 27.5 Å². The summed E-state index contributed by atoms with van der Waals surface area (Å²) in [6, 6.07) is 5.71. The molecule has 3 N–H and O–H groups in total. The van der Waals surface area contributed by atoms with Gasteiger partial charge in [-0.25, -0.2) is 4.98 Å². The van der Waals surface area contributed by atoms with Crippen molar-refractivity contribution in [3.8, 4) is 6.07 Å². The van der Waals surface area contributed by atoms with Crippen LogP contribution in [0.5, 0.6) is 0 Å². The van der Waals surface area contributed by atoms with Crippen molar-refractivity contribution in [3.05, 3.63) is 39.0 Å². The lowest BCUT2D eigenvalue weighted by Crippen LogP contribution is -2.38. The molecular weight excluding hydrogens is 434 g/mol. The SMILES string of the molecule is Cc1cnc(Nc2cc(Cl)c(Br)c(CO)c2)nc1N[C@@H]1COCC[C@H]1C#N. The van der Waals surface area contributed by atoms with Crippen molar-refractivity contribution in [2.24, 2.45) is 5.92 Å². The number of rotatable bonds is 5. The monoisotopic (exact) mass is 451 g/mol. The Morgan fingerprint density at radius 3 is 3.04 bits per heavy atom. The van der Waals surface area contributed by atoms with Gasteiger partial charge in [0.15, 0.2) is 0 Å². The number of aliphatic hydroxyl groups excluding tert-OH is 1. The first-order chi connectivity index (χ1) is 13.0. The first-order valence-corrected chi connectivity index (χ1v) is 9.62. The van der Waals surface area contributed by atoms with Crippen molar-refractivity contribution in [1.82, 2.24) is 9.97 Å². The molecule has 1 aromatic heterocycles. The van der Waals surface area contributed by atoms with Crippen LogP contribution in [0, 0.1) is 24.2 Å². The van der Waals surface area contributed by atoms with E-state index in [1.165, 1.54) is 0 Å². The van der Waals surface area contributed by atoms with Gasteiger partial charge >= 0.3 is 0 Å². The van der Waals surface area contributed by atoms with Crippen LogP contribution in [0.3, 0.4) is 0 Å². The summed E-state index contributed by atoms with van der Waals surface area (Å²) in [5.74, 6) is 0.909.